The SMILES string of the molecule is COC1(CNC(=O)N2CCCCCC2)CCOC1. The van der Waals surface area contributed by atoms with Crippen molar-refractivity contribution in [3.05, 3.63) is 0 Å². The van der Waals surface area contributed by atoms with Gasteiger partial charge in [0.2, 0.25) is 0 Å². The van der Waals surface area contributed by atoms with E-state index in [2.05, 4.69) is 5.32 Å². The zero-order valence-corrected chi connectivity index (χ0v) is 11.2. The van der Waals surface area contributed by atoms with Gasteiger partial charge < -0.3 is 19.7 Å². The van der Waals surface area contributed by atoms with Gasteiger partial charge in [-0.3, -0.25) is 0 Å². The molecule has 2 fully saturated rings. The van der Waals surface area contributed by atoms with Crippen LogP contribution in [-0.4, -0.2) is 56.5 Å². The zero-order chi connectivity index (χ0) is 12.8. The van der Waals surface area contributed by atoms with Crippen molar-refractivity contribution in [2.24, 2.45) is 0 Å². The van der Waals surface area contributed by atoms with Gasteiger partial charge in [-0.1, -0.05) is 12.8 Å². The summed E-state index contributed by atoms with van der Waals surface area (Å²) < 4.78 is 10.9. The molecule has 5 nitrogen and oxygen atoms in total. The predicted octanol–water partition coefficient (Wildman–Crippen LogP) is 1.38. The molecule has 2 amide bonds. The number of carbonyl (C=O) groups is 1. The molecule has 5 heteroatoms. The summed E-state index contributed by atoms with van der Waals surface area (Å²) in [7, 11) is 1.69. The Balaban J connectivity index is 1.79. The van der Waals surface area contributed by atoms with Gasteiger partial charge in [0.05, 0.1) is 13.2 Å². The maximum Gasteiger partial charge on any atom is 0.317 e. The van der Waals surface area contributed by atoms with Gasteiger partial charge >= 0.3 is 6.03 Å². The van der Waals surface area contributed by atoms with Crippen molar-refractivity contribution in [2.75, 3.05) is 40.0 Å². The van der Waals surface area contributed by atoms with Crippen molar-refractivity contribution < 1.29 is 14.3 Å². The molecule has 0 aliphatic carbocycles. The van der Waals surface area contributed by atoms with Crippen LogP contribution in [0.2, 0.25) is 0 Å². The van der Waals surface area contributed by atoms with E-state index in [4.69, 9.17) is 9.47 Å². The van der Waals surface area contributed by atoms with E-state index in [1.807, 2.05) is 4.90 Å². The highest BCUT2D eigenvalue weighted by atomic mass is 16.5. The summed E-state index contributed by atoms with van der Waals surface area (Å²) in [6.07, 6.45) is 5.56. The number of hydrogen-bond donors (Lipinski definition) is 1. The normalized spacial score (nSPS) is 29.1. The van der Waals surface area contributed by atoms with Crippen molar-refractivity contribution in [1.29, 1.82) is 0 Å². The molecule has 0 aromatic carbocycles. The molecule has 0 aromatic heterocycles. The fourth-order valence-electron chi connectivity index (χ4n) is 2.58. The maximum atomic E-state index is 12.1. The minimum Gasteiger partial charge on any atom is -0.378 e. The Hall–Kier alpha value is -0.810. The largest absolute Gasteiger partial charge is 0.378 e. The Kier molecular flexibility index (Phi) is 4.83. The molecule has 1 atom stereocenters. The summed E-state index contributed by atoms with van der Waals surface area (Å²) in [6, 6.07) is 0.0419. The third-order valence-corrected chi connectivity index (χ3v) is 3.96. The standard InChI is InChI=1S/C13H24N2O3/c1-17-13(6-9-18-11-13)10-14-12(16)15-7-4-2-3-5-8-15/h2-11H2,1H3,(H,14,16). The number of amides is 2. The molecule has 104 valence electrons. The summed E-state index contributed by atoms with van der Waals surface area (Å²) in [5.74, 6) is 0. The van der Waals surface area contributed by atoms with Crippen LogP contribution in [0.5, 0.6) is 0 Å². The lowest BCUT2D eigenvalue weighted by atomic mass is 10.0. The first-order valence-electron chi connectivity index (χ1n) is 6.91. The van der Waals surface area contributed by atoms with Crippen LogP contribution in [0.15, 0.2) is 0 Å². The summed E-state index contributed by atoms with van der Waals surface area (Å²) in [6.45, 7) is 3.58. The number of nitrogens with zero attached hydrogens (tertiary/aromatic N) is 1. The highest BCUT2D eigenvalue weighted by molar-refractivity contribution is 5.74. The molecule has 2 aliphatic heterocycles. The van der Waals surface area contributed by atoms with Crippen molar-refractivity contribution in [3.8, 4) is 0 Å². The van der Waals surface area contributed by atoms with Crippen LogP contribution in [0.3, 0.4) is 0 Å². The van der Waals surface area contributed by atoms with Gasteiger partial charge in [-0.2, -0.15) is 0 Å². The zero-order valence-electron chi connectivity index (χ0n) is 11.2. The fourth-order valence-corrected chi connectivity index (χ4v) is 2.58. The van der Waals surface area contributed by atoms with E-state index >= 15 is 0 Å². The molecular formula is C13H24N2O3. The minimum absolute atomic E-state index is 0.0419. The number of likely N-dealkylation sites (tertiary alicyclic amines) is 1. The van der Waals surface area contributed by atoms with Crippen LogP contribution < -0.4 is 5.32 Å². The number of methoxy groups -OCH3 is 1. The second-order valence-electron chi connectivity index (χ2n) is 5.25. The van der Waals surface area contributed by atoms with Gasteiger partial charge in [-0.25, -0.2) is 4.79 Å². The average molecular weight is 256 g/mol. The Bertz CT molecular complexity index is 269. The molecular weight excluding hydrogens is 232 g/mol. The molecule has 1 N–H and O–H groups in total. The maximum absolute atomic E-state index is 12.1. The molecule has 2 heterocycles. The van der Waals surface area contributed by atoms with Crippen molar-refractivity contribution in [3.63, 3.8) is 0 Å². The number of hydrogen-bond acceptors (Lipinski definition) is 3. The van der Waals surface area contributed by atoms with Gasteiger partial charge in [-0.15, -0.1) is 0 Å². The molecule has 0 aromatic rings. The number of urea groups is 1. The quantitative estimate of drug-likeness (QED) is 0.830. The Morgan fingerprint density at radius 3 is 2.61 bits per heavy atom. The third-order valence-electron chi connectivity index (χ3n) is 3.96. The number of ether oxygens (including phenoxy) is 2. The number of nitrogens with one attached hydrogen (secondary N) is 1. The lowest BCUT2D eigenvalue weighted by Gasteiger charge is -2.28. The first-order chi connectivity index (χ1) is 8.76. The molecule has 2 saturated heterocycles. The Morgan fingerprint density at radius 2 is 2.06 bits per heavy atom. The lowest BCUT2D eigenvalue weighted by molar-refractivity contribution is -0.0144. The molecule has 18 heavy (non-hydrogen) atoms. The van der Waals surface area contributed by atoms with E-state index in [9.17, 15) is 4.79 Å². The molecule has 0 saturated carbocycles. The van der Waals surface area contributed by atoms with E-state index in [1.165, 1.54) is 12.8 Å². The minimum atomic E-state index is -0.318. The smallest absolute Gasteiger partial charge is 0.317 e. The molecule has 2 aliphatic rings. The molecule has 1 unspecified atom stereocenters. The number of rotatable bonds is 3. The fraction of sp³-hybridized carbons (Fsp3) is 0.923. The second-order valence-corrected chi connectivity index (χ2v) is 5.25. The van der Waals surface area contributed by atoms with E-state index < -0.39 is 0 Å². The summed E-state index contributed by atoms with van der Waals surface area (Å²) in [5.41, 5.74) is -0.318. The van der Waals surface area contributed by atoms with Gasteiger partial charge in [0, 0.05) is 33.2 Å². The first kappa shape index (κ1) is 13.6. The summed E-state index contributed by atoms with van der Waals surface area (Å²) in [5, 5.41) is 3.00. The van der Waals surface area contributed by atoms with Crippen LogP contribution >= 0.6 is 0 Å². The van der Waals surface area contributed by atoms with Crippen molar-refractivity contribution >= 4 is 6.03 Å². The molecule has 0 radical (unpaired) electrons. The third kappa shape index (κ3) is 3.36. The van der Waals surface area contributed by atoms with E-state index in [0.29, 0.717) is 19.8 Å². The summed E-state index contributed by atoms with van der Waals surface area (Å²) >= 11 is 0. The average Bonchev–Trinajstić information content (AvgIpc) is 2.70. The Labute approximate surface area is 109 Å². The highest BCUT2D eigenvalue weighted by Gasteiger charge is 2.35. The van der Waals surface area contributed by atoms with Crippen LogP contribution in [0, 0.1) is 0 Å². The van der Waals surface area contributed by atoms with Gasteiger partial charge in [-0.05, 0) is 12.8 Å². The second kappa shape index (κ2) is 6.38. The van der Waals surface area contributed by atoms with Crippen molar-refractivity contribution in [1.82, 2.24) is 10.2 Å². The highest BCUT2D eigenvalue weighted by Crippen LogP contribution is 2.21. The Morgan fingerprint density at radius 1 is 1.33 bits per heavy atom. The monoisotopic (exact) mass is 256 g/mol. The molecule has 2 rings (SSSR count). The van der Waals surface area contributed by atoms with Crippen LogP contribution in [0.4, 0.5) is 4.79 Å². The van der Waals surface area contributed by atoms with Crippen LogP contribution in [0.1, 0.15) is 32.1 Å². The summed E-state index contributed by atoms with van der Waals surface area (Å²) in [4.78, 5) is 14.0. The van der Waals surface area contributed by atoms with E-state index in [0.717, 1.165) is 32.4 Å². The van der Waals surface area contributed by atoms with Gasteiger partial charge in [0.25, 0.3) is 0 Å². The van der Waals surface area contributed by atoms with Gasteiger partial charge in [0.1, 0.15) is 5.60 Å². The van der Waals surface area contributed by atoms with Crippen LogP contribution in [0.25, 0.3) is 0 Å². The van der Waals surface area contributed by atoms with Crippen LogP contribution in [-0.2, 0) is 9.47 Å². The van der Waals surface area contributed by atoms with Crippen molar-refractivity contribution in [2.45, 2.75) is 37.7 Å². The van der Waals surface area contributed by atoms with E-state index in [-0.39, 0.29) is 11.6 Å². The van der Waals surface area contributed by atoms with E-state index in [1.54, 1.807) is 7.11 Å². The first-order valence-corrected chi connectivity index (χ1v) is 6.91. The molecule has 0 spiro atoms. The lowest BCUT2D eigenvalue weighted by Crippen LogP contribution is -2.49. The predicted molar refractivity (Wildman–Crippen MR) is 68.6 cm³/mol. The van der Waals surface area contributed by atoms with Gasteiger partial charge in [0.15, 0.2) is 0 Å². The topological polar surface area (TPSA) is 50.8 Å². The number of carbonyl (C=O) groups excluding carboxylic acids is 1. The molecule has 0 bridgehead atoms.